The van der Waals surface area contributed by atoms with Gasteiger partial charge in [0.2, 0.25) is 0 Å². The molecule has 0 radical (unpaired) electrons. The van der Waals surface area contributed by atoms with Gasteiger partial charge in [-0.1, -0.05) is 12.7 Å². The minimum absolute atomic E-state index is 0.217. The Morgan fingerprint density at radius 3 is 2.60 bits per heavy atom. The molecule has 0 aliphatic carbocycles. The highest BCUT2D eigenvalue weighted by atomic mass is 35.5. The van der Waals surface area contributed by atoms with Crippen LogP contribution >= 0.6 is 11.6 Å². The first kappa shape index (κ1) is 9.50. The Morgan fingerprint density at radius 2 is 2.30 bits per heavy atom. The largest absolute Gasteiger partial charge is 0.460 e. The highest BCUT2D eigenvalue weighted by Gasteiger charge is 2.25. The molecule has 0 atom stereocenters. The van der Waals surface area contributed by atoms with Crippen LogP contribution in [0.5, 0.6) is 0 Å². The summed E-state index contributed by atoms with van der Waals surface area (Å²) in [6.07, 6.45) is 1.50. The van der Waals surface area contributed by atoms with E-state index in [-0.39, 0.29) is 6.61 Å². The predicted octanol–water partition coefficient (Wildman–Crippen LogP) is 1.73. The average Bonchev–Trinajstić information content (AvgIpc) is 1.80. The Labute approximate surface area is 65.8 Å². The maximum absolute atomic E-state index is 10.8. The second kappa shape index (κ2) is 3.62. The van der Waals surface area contributed by atoms with E-state index in [1.807, 2.05) is 0 Å². The molecule has 0 bridgehead atoms. The number of halogens is 1. The van der Waals surface area contributed by atoms with Gasteiger partial charge in [-0.2, -0.15) is 0 Å². The topological polar surface area (TPSA) is 26.3 Å². The highest BCUT2D eigenvalue weighted by Crippen LogP contribution is 2.13. The maximum Gasteiger partial charge on any atom is 0.326 e. The fraction of sp³-hybridized carbons (Fsp3) is 0.571. The lowest BCUT2D eigenvalue weighted by atomic mass is 10.2. The van der Waals surface area contributed by atoms with Crippen molar-refractivity contribution in [2.75, 3.05) is 6.61 Å². The van der Waals surface area contributed by atoms with Crippen LogP contribution in [0.25, 0.3) is 0 Å². The number of alkyl halides is 1. The van der Waals surface area contributed by atoms with Gasteiger partial charge in [-0.05, 0) is 13.8 Å². The van der Waals surface area contributed by atoms with Gasteiger partial charge in [0.1, 0.15) is 11.5 Å². The third kappa shape index (κ3) is 3.51. The quantitative estimate of drug-likeness (QED) is 0.359. The van der Waals surface area contributed by atoms with Crippen molar-refractivity contribution < 1.29 is 9.53 Å². The summed E-state index contributed by atoms with van der Waals surface area (Å²) in [5, 5.41) is 0. The van der Waals surface area contributed by atoms with Gasteiger partial charge in [0.05, 0.1) is 0 Å². The zero-order valence-electron chi connectivity index (χ0n) is 6.19. The molecule has 0 unspecified atom stereocenters. The normalized spacial score (nSPS) is 10.7. The molecule has 3 heteroatoms. The van der Waals surface area contributed by atoms with E-state index in [1.54, 1.807) is 13.8 Å². The van der Waals surface area contributed by atoms with E-state index in [4.69, 9.17) is 11.6 Å². The summed E-state index contributed by atoms with van der Waals surface area (Å²) in [6, 6.07) is 0. The molecule has 10 heavy (non-hydrogen) atoms. The molecule has 0 aliphatic heterocycles. The SMILES string of the molecule is C=CCOC(=O)C(C)(C)Cl. The van der Waals surface area contributed by atoms with Crippen molar-refractivity contribution in [3.63, 3.8) is 0 Å². The van der Waals surface area contributed by atoms with Gasteiger partial charge in [0, 0.05) is 0 Å². The third-order valence-corrected chi connectivity index (χ3v) is 0.972. The molecule has 2 nitrogen and oxygen atoms in total. The van der Waals surface area contributed by atoms with E-state index < -0.39 is 10.8 Å². The van der Waals surface area contributed by atoms with Gasteiger partial charge in [-0.3, -0.25) is 4.79 Å². The molecule has 0 saturated heterocycles. The van der Waals surface area contributed by atoms with Crippen molar-refractivity contribution in [2.45, 2.75) is 18.7 Å². The van der Waals surface area contributed by atoms with Crippen LogP contribution in [0.15, 0.2) is 12.7 Å². The van der Waals surface area contributed by atoms with E-state index in [0.29, 0.717) is 0 Å². The molecule has 58 valence electrons. The van der Waals surface area contributed by atoms with E-state index in [9.17, 15) is 4.79 Å². The number of esters is 1. The van der Waals surface area contributed by atoms with Crippen LogP contribution < -0.4 is 0 Å². The molecular formula is C7H11ClO2. The van der Waals surface area contributed by atoms with Crippen molar-refractivity contribution in [2.24, 2.45) is 0 Å². The van der Waals surface area contributed by atoms with Gasteiger partial charge in [0.25, 0.3) is 0 Å². The van der Waals surface area contributed by atoms with Gasteiger partial charge in [-0.25, -0.2) is 0 Å². The third-order valence-electron chi connectivity index (χ3n) is 0.818. The number of carbonyl (C=O) groups is 1. The van der Waals surface area contributed by atoms with Crippen LogP contribution in [-0.2, 0) is 9.53 Å². The molecule has 0 aromatic rings. The number of hydrogen-bond acceptors (Lipinski definition) is 2. The molecule has 0 fully saturated rings. The molecule has 0 N–H and O–H groups in total. The maximum atomic E-state index is 10.8. The Bertz CT molecular complexity index is 135. The second-order valence-electron chi connectivity index (χ2n) is 2.36. The van der Waals surface area contributed by atoms with Crippen molar-refractivity contribution in [1.29, 1.82) is 0 Å². The summed E-state index contributed by atoms with van der Waals surface area (Å²) < 4.78 is 4.67. The van der Waals surface area contributed by atoms with Gasteiger partial charge in [0.15, 0.2) is 0 Å². The zero-order valence-corrected chi connectivity index (χ0v) is 6.94. The minimum Gasteiger partial charge on any atom is -0.460 e. The first-order valence-corrected chi connectivity index (χ1v) is 3.33. The average molecular weight is 163 g/mol. The number of ether oxygens (including phenoxy) is 1. The molecule has 0 aromatic heterocycles. The Hall–Kier alpha value is -0.500. The number of hydrogen-bond donors (Lipinski definition) is 0. The Morgan fingerprint density at radius 1 is 1.80 bits per heavy atom. The monoisotopic (exact) mass is 162 g/mol. The van der Waals surface area contributed by atoms with Gasteiger partial charge < -0.3 is 4.74 Å². The van der Waals surface area contributed by atoms with Crippen LogP contribution in [0.2, 0.25) is 0 Å². The van der Waals surface area contributed by atoms with E-state index in [1.165, 1.54) is 6.08 Å². The van der Waals surface area contributed by atoms with Crippen LogP contribution in [-0.4, -0.2) is 17.5 Å². The van der Waals surface area contributed by atoms with Gasteiger partial charge in [-0.15, -0.1) is 11.6 Å². The molecule has 0 aliphatic rings. The van der Waals surface area contributed by atoms with Crippen LogP contribution in [0.3, 0.4) is 0 Å². The summed E-state index contributed by atoms with van der Waals surface area (Å²) >= 11 is 5.61. The second-order valence-corrected chi connectivity index (χ2v) is 3.30. The van der Waals surface area contributed by atoms with Crippen molar-refractivity contribution in [3.05, 3.63) is 12.7 Å². The molecule has 0 aromatic carbocycles. The molecule has 0 spiro atoms. The van der Waals surface area contributed by atoms with Crippen molar-refractivity contribution >= 4 is 17.6 Å². The van der Waals surface area contributed by atoms with Crippen LogP contribution in [0.1, 0.15) is 13.8 Å². The summed E-state index contributed by atoms with van der Waals surface area (Å²) in [5.41, 5.74) is 0. The molecule has 0 saturated carbocycles. The van der Waals surface area contributed by atoms with Crippen molar-refractivity contribution in [1.82, 2.24) is 0 Å². The highest BCUT2D eigenvalue weighted by molar-refractivity contribution is 6.33. The smallest absolute Gasteiger partial charge is 0.326 e. The summed E-state index contributed by atoms with van der Waals surface area (Å²) in [4.78, 5) is 9.89. The van der Waals surface area contributed by atoms with Crippen molar-refractivity contribution in [3.8, 4) is 0 Å². The van der Waals surface area contributed by atoms with Crippen LogP contribution in [0, 0.1) is 0 Å². The first-order chi connectivity index (χ1) is 4.48. The fourth-order valence-electron chi connectivity index (χ4n) is 0.306. The summed E-state index contributed by atoms with van der Waals surface area (Å²) in [7, 11) is 0. The lowest BCUT2D eigenvalue weighted by Crippen LogP contribution is -2.27. The molecular weight excluding hydrogens is 152 g/mol. The first-order valence-electron chi connectivity index (χ1n) is 2.95. The Kier molecular flexibility index (Phi) is 3.43. The van der Waals surface area contributed by atoms with E-state index in [0.717, 1.165) is 0 Å². The summed E-state index contributed by atoms with van der Waals surface area (Å²) in [6.45, 7) is 6.78. The fourth-order valence-corrected chi connectivity index (χ4v) is 0.361. The predicted molar refractivity (Wildman–Crippen MR) is 41.1 cm³/mol. The zero-order chi connectivity index (χ0) is 8.20. The van der Waals surface area contributed by atoms with Crippen LogP contribution in [0.4, 0.5) is 0 Å². The minimum atomic E-state index is -0.928. The summed E-state index contributed by atoms with van der Waals surface area (Å²) in [5.74, 6) is -0.422. The molecule has 0 rings (SSSR count). The lowest BCUT2D eigenvalue weighted by molar-refractivity contribution is -0.144. The molecule has 0 heterocycles. The number of carbonyl (C=O) groups excluding carboxylic acids is 1. The van der Waals surface area contributed by atoms with E-state index in [2.05, 4.69) is 11.3 Å². The standard InChI is InChI=1S/C7H11ClO2/c1-4-5-10-6(9)7(2,3)8/h4H,1,5H2,2-3H3. The number of rotatable bonds is 3. The Balaban J connectivity index is 3.74. The molecule has 0 amide bonds. The van der Waals surface area contributed by atoms with Gasteiger partial charge >= 0.3 is 5.97 Å². The van der Waals surface area contributed by atoms with E-state index >= 15 is 0 Å². The lowest BCUT2D eigenvalue weighted by Gasteiger charge is -2.12.